The van der Waals surface area contributed by atoms with Crippen LogP contribution in [-0.4, -0.2) is 22.3 Å². The first-order chi connectivity index (χ1) is 10.7. The van der Waals surface area contributed by atoms with E-state index in [0.29, 0.717) is 12.5 Å². The van der Waals surface area contributed by atoms with Gasteiger partial charge in [0.25, 0.3) is 0 Å². The van der Waals surface area contributed by atoms with Gasteiger partial charge in [0, 0.05) is 11.9 Å². The number of aromatic nitrogens is 2. The van der Waals surface area contributed by atoms with Crippen molar-refractivity contribution < 1.29 is 0 Å². The quantitative estimate of drug-likeness (QED) is 0.450. The molecular formula is C17H24IN5. The lowest BCUT2D eigenvalue weighted by atomic mass is 9.90. The third-order valence-corrected chi connectivity index (χ3v) is 4.03. The highest BCUT2D eigenvalue weighted by Gasteiger charge is 2.12. The second-order valence-corrected chi connectivity index (χ2v) is 5.82. The Bertz CT molecular complexity index is 677. The summed E-state index contributed by atoms with van der Waals surface area (Å²) >= 11 is 0. The van der Waals surface area contributed by atoms with E-state index in [0.717, 1.165) is 24.2 Å². The maximum Gasteiger partial charge on any atom is 0.193 e. The first-order valence-electron chi connectivity index (χ1n) is 7.89. The zero-order valence-corrected chi connectivity index (χ0v) is 15.8. The Hall–Kier alpha value is -1.57. The molecule has 0 spiro atoms. The normalized spacial score (nSPS) is 14.0. The summed E-state index contributed by atoms with van der Waals surface area (Å²) in [6.45, 7) is 3.39. The minimum atomic E-state index is 0. The molecule has 0 radical (unpaired) electrons. The lowest BCUT2D eigenvalue weighted by molar-refractivity contribution is 0.625. The predicted molar refractivity (Wildman–Crippen MR) is 106 cm³/mol. The van der Waals surface area contributed by atoms with Crippen molar-refractivity contribution in [1.29, 1.82) is 0 Å². The molecule has 0 bridgehead atoms. The van der Waals surface area contributed by atoms with Gasteiger partial charge in [-0.15, -0.1) is 24.0 Å². The van der Waals surface area contributed by atoms with Crippen molar-refractivity contribution in [1.82, 2.24) is 9.78 Å². The van der Waals surface area contributed by atoms with Gasteiger partial charge >= 0.3 is 0 Å². The molecule has 1 aromatic carbocycles. The summed E-state index contributed by atoms with van der Waals surface area (Å²) in [5, 5.41) is 7.50. The van der Waals surface area contributed by atoms with E-state index in [1.54, 1.807) is 0 Å². The first kappa shape index (κ1) is 17.8. The molecule has 1 aromatic heterocycles. The van der Waals surface area contributed by atoms with Crippen LogP contribution in [0.25, 0.3) is 0 Å². The van der Waals surface area contributed by atoms with E-state index in [-0.39, 0.29) is 24.0 Å². The van der Waals surface area contributed by atoms with Crippen molar-refractivity contribution in [2.45, 2.75) is 39.2 Å². The highest BCUT2D eigenvalue weighted by Crippen LogP contribution is 2.27. The van der Waals surface area contributed by atoms with Crippen molar-refractivity contribution in [2.24, 2.45) is 10.7 Å². The summed E-state index contributed by atoms with van der Waals surface area (Å²) in [6, 6.07) is 6.39. The number of rotatable bonds is 4. The number of hydrogen-bond acceptors (Lipinski definition) is 2. The molecule has 0 saturated carbocycles. The fraction of sp³-hybridized carbons (Fsp3) is 0.412. The summed E-state index contributed by atoms with van der Waals surface area (Å²) in [5.74, 6) is 0.475. The Morgan fingerprint density at radius 3 is 2.96 bits per heavy atom. The van der Waals surface area contributed by atoms with E-state index in [4.69, 9.17) is 5.73 Å². The van der Waals surface area contributed by atoms with Crippen LogP contribution in [-0.2, 0) is 19.4 Å². The number of fused-ring (bicyclic) bond motifs is 1. The smallest absolute Gasteiger partial charge is 0.193 e. The van der Waals surface area contributed by atoms with Gasteiger partial charge in [-0.3, -0.25) is 9.67 Å². The predicted octanol–water partition coefficient (Wildman–Crippen LogP) is 3.12. The summed E-state index contributed by atoms with van der Waals surface area (Å²) < 4.78 is 1.89. The maximum atomic E-state index is 6.02. The Morgan fingerprint density at radius 1 is 1.35 bits per heavy atom. The number of nitrogens with one attached hydrogen (secondary N) is 1. The number of hydrogen-bond donors (Lipinski definition) is 2. The van der Waals surface area contributed by atoms with Crippen LogP contribution in [0, 0.1) is 6.92 Å². The molecule has 124 valence electrons. The Balaban J connectivity index is 0.00000192. The average molecular weight is 425 g/mol. The van der Waals surface area contributed by atoms with E-state index in [2.05, 4.69) is 33.6 Å². The number of guanidine groups is 1. The van der Waals surface area contributed by atoms with Crippen LogP contribution in [0.3, 0.4) is 0 Å². The van der Waals surface area contributed by atoms with E-state index in [1.165, 1.54) is 30.4 Å². The van der Waals surface area contributed by atoms with Crippen LogP contribution < -0.4 is 11.1 Å². The summed E-state index contributed by atoms with van der Waals surface area (Å²) in [7, 11) is 0. The topological polar surface area (TPSA) is 68.2 Å². The van der Waals surface area contributed by atoms with Crippen molar-refractivity contribution in [3.8, 4) is 0 Å². The molecule has 1 aliphatic carbocycles. The average Bonchev–Trinajstić information content (AvgIpc) is 2.93. The van der Waals surface area contributed by atoms with Crippen LogP contribution in [0.1, 0.15) is 29.5 Å². The van der Waals surface area contributed by atoms with E-state index in [1.807, 2.05) is 24.0 Å². The number of nitrogens with zero attached hydrogens (tertiary/aromatic N) is 3. The van der Waals surface area contributed by atoms with Crippen LogP contribution in [0.2, 0.25) is 0 Å². The number of aryl methyl sites for hydroxylation is 2. The number of benzene rings is 1. The van der Waals surface area contributed by atoms with Gasteiger partial charge < -0.3 is 11.1 Å². The number of aliphatic imine (C=N–C) groups is 1. The molecule has 0 amide bonds. The minimum absolute atomic E-state index is 0. The molecule has 1 aliphatic rings. The van der Waals surface area contributed by atoms with Gasteiger partial charge in [-0.1, -0.05) is 12.1 Å². The highest BCUT2D eigenvalue weighted by molar-refractivity contribution is 14.0. The lowest BCUT2D eigenvalue weighted by Gasteiger charge is -2.19. The highest BCUT2D eigenvalue weighted by atomic mass is 127. The Labute approximate surface area is 154 Å². The summed E-state index contributed by atoms with van der Waals surface area (Å²) in [6.07, 6.45) is 8.68. The van der Waals surface area contributed by atoms with Gasteiger partial charge in [0.1, 0.15) is 0 Å². The fourth-order valence-corrected chi connectivity index (χ4v) is 2.94. The number of halogens is 1. The van der Waals surface area contributed by atoms with Crippen molar-refractivity contribution in [3.63, 3.8) is 0 Å². The lowest BCUT2D eigenvalue weighted by Crippen LogP contribution is -2.24. The molecule has 0 unspecified atom stereocenters. The molecule has 3 N–H and O–H groups in total. The Morgan fingerprint density at radius 2 is 2.17 bits per heavy atom. The number of anilines is 1. The molecule has 5 nitrogen and oxygen atoms in total. The monoisotopic (exact) mass is 425 g/mol. The summed E-state index contributed by atoms with van der Waals surface area (Å²) in [4.78, 5) is 4.40. The van der Waals surface area contributed by atoms with Gasteiger partial charge in [-0.2, -0.15) is 5.10 Å². The van der Waals surface area contributed by atoms with Gasteiger partial charge in [-0.25, -0.2) is 0 Å². The van der Waals surface area contributed by atoms with E-state index < -0.39 is 0 Å². The maximum absolute atomic E-state index is 6.02. The van der Waals surface area contributed by atoms with Crippen molar-refractivity contribution in [2.75, 3.05) is 11.9 Å². The molecule has 6 heteroatoms. The molecule has 0 atom stereocenters. The molecule has 0 fully saturated rings. The van der Waals surface area contributed by atoms with Gasteiger partial charge in [0.2, 0.25) is 0 Å². The number of nitrogens with two attached hydrogens (primary N) is 1. The third kappa shape index (κ3) is 4.70. The van der Waals surface area contributed by atoms with Gasteiger partial charge in [0.05, 0.1) is 19.3 Å². The molecule has 1 heterocycles. The fourth-order valence-electron chi connectivity index (χ4n) is 2.94. The zero-order valence-electron chi connectivity index (χ0n) is 13.5. The molecule has 0 saturated heterocycles. The van der Waals surface area contributed by atoms with Crippen LogP contribution in [0.15, 0.2) is 35.6 Å². The van der Waals surface area contributed by atoms with Gasteiger partial charge in [-0.05, 0) is 55.4 Å². The molecule has 0 aliphatic heterocycles. The van der Waals surface area contributed by atoms with Gasteiger partial charge in [0.15, 0.2) is 5.96 Å². The molecule has 23 heavy (non-hydrogen) atoms. The largest absolute Gasteiger partial charge is 0.370 e. The van der Waals surface area contributed by atoms with Crippen LogP contribution in [0.4, 0.5) is 5.69 Å². The molecule has 2 aromatic rings. The molecule has 3 rings (SSSR count). The first-order valence-corrected chi connectivity index (χ1v) is 7.89. The van der Waals surface area contributed by atoms with E-state index >= 15 is 0 Å². The van der Waals surface area contributed by atoms with Crippen LogP contribution >= 0.6 is 24.0 Å². The van der Waals surface area contributed by atoms with E-state index in [9.17, 15) is 0 Å². The summed E-state index contributed by atoms with van der Waals surface area (Å²) in [5.41, 5.74) is 11.1. The SMILES string of the molecule is Cc1cnn(CCN=C(N)Nc2cccc3c2CCCC3)c1.I. The zero-order chi connectivity index (χ0) is 15.4. The van der Waals surface area contributed by atoms with Crippen LogP contribution in [0.5, 0.6) is 0 Å². The van der Waals surface area contributed by atoms with Crippen molar-refractivity contribution in [3.05, 3.63) is 47.3 Å². The Kier molecular flexibility index (Phi) is 6.44. The third-order valence-electron chi connectivity index (χ3n) is 4.03. The second-order valence-electron chi connectivity index (χ2n) is 5.82. The molecular weight excluding hydrogens is 401 g/mol. The second kappa shape index (κ2) is 8.33. The standard InChI is InChI=1S/C17H23N5.HI/c1-13-11-20-22(12-13)10-9-19-17(18)21-16-8-4-6-14-5-2-3-7-15(14)16;/h4,6,8,11-12H,2-3,5,7,9-10H2,1H3,(H3,18,19,21);1H. The minimum Gasteiger partial charge on any atom is -0.370 e. The van der Waals surface area contributed by atoms with Crippen molar-refractivity contribution >= 4 is 35.6 Å².